The first-order chi connectivity index (χ1) is 7.59. The predicted molar refractivity (Wildman–Crippen MR) is 66.3 cm³/mol. The van der Waals surface area contributed by atoms with E-state index in [1.807, 2.05) is 12.1 Å². The zero-order chi connectivity index (χ0) is 11.7. The molecule has 1 heterocycles. The molecule has 0 fully saturated rings. The van der Waals surface area contributed by atoms with E-state index in [9.17, 15) is 4.79 Å². The van der Waals surface area contributed by atoms with Crippen molar-refractivity contribution < 1.29 is 9.90 Å². The highest BCUT2D eigenvalue weighted by Gasteiger charge is 2.26. The Morgan fingerprint density at radius 3 is 2.94 bits per heavy atom. The van der Waals surface area contributed by atoms with Crippen LogP contribution in [0.25, 0.3) is 0 Å². The molecule has 0 bridgehead atoms. The van der Waals surface area contributed by atoms with Gasteiger partial charge in [0.15, 0.2) is 0 Å². The standard InChI is InChI=1S/C12H15NO2S/c1-7(2)8-4-3-5-9-11(8)13-6-10(16-9)12(14)15/h3-5,7,10,13H,6H2,1-2H3,(H,14,15). The predicted octanol–water partition coefficient (Wildman–Crippen LogP) is 2.78. The van der Waals surface area contributed by atoms with Gasteiger partial charge in [-0.25, -0.2) is 0 Å². The van der Waals surface area contributed by atoms with Gasteiger partial charge in [0, 0.05) is 11.4 Å². The van der Waals surface area contributed by atoms with Crippen molar-refractivity contribution in [2.75, 3.05) is 11.9 Å². The SMILES string of the molecule is CC(C)c1cccc2c1NCC(C(=O)O)S2. The lowest BCUT2D eigenvalue weighted by Crippen LogP contribution is -2.29. The third kappa shape index (κ3) is 2.02. The van der Waals surface area contributed by atoms with E-state index in [-0.39, 0.29) is 5.25 Å². The second-order valence-electron chi connectivity index (χ2n) is 4.20. The first-order valence-corrected chi connectivity index (χ1v) is 6.24. The number of benzene rings is 1. The van der Waals surface area contributed by atoms with E-state index in [0.29, 0.717) is 12.5 Å². The molecular weight excluding hydrogens is 222 g/mol. The molecule has 1 atom stereocenters. The van der Waals surface area contributed by atoms with Crippen LogP contribution >= 0.6 is 11.8 Å². The van der Waals surface area contributed by atoms with Crippen molar-refractivity contribution in [3.05, 3.63) is 23.8 Å². The summed E-state index contributed by atoms with van der Waals surface area (Å²) >= 11 is 1.43. The second kappa shape index (κ2) is 4.37. The molecular formula is C12H15NO2S. The van der Waals surface area contributed by atoms with Gasteiger partial charge >= 0.3 is 5.97 Å². The highest BCUT2D eigenvalue weighted by molar-refractivity contribution is 8.00. The molecule has 4 heteroatoms. The number of carboxylic acids is 1. The quantitative estimate of drug-likeness (QED) is 0.830. The van der Waals surface area contributed by atoms with Crippen LogP contribution in [0.5, 0.6) is 0 Å². The van der Waals surface area contributed by atoms with Gasteiger partial charge in [-0.3, -0.25) is 4.79 Å². The smallest absolute Gasteiger partial charge is 0.318 e. The molecule has 1 aliphatic rings. The Kier molecular flexibility index (Phi) is 3.10. The van der Waals surface area contributed by atoms with E-state index in [2.05, 4.69) is 25.2 Å². The molecule has 0 saturated heterocycles. The lowest BCUT2D eigenvalue weighted by Gasteiger charge is -2.26. The number of rotatable bonds is 2. The summed E-state index contributed by atoms with van der Waals surface area (Å²) in [5.74, 6) is -0.303. The number of hydrogen-bond acceptors (Lipinski definition) is 3. The monoisotopic (exact) mass is 237 g/mol. The average Bonchev–Trinajstić information content (AvgIpc) is 2.27. The largest absolute Gasteiger partial charge is 0.480 e. The van der Waals surface area contributed by atoms with Crippen LogP contribution < -0.4 is 5.32 Å². The third-order valence-corrected chi connectivity index (χ3v) is 3.94. The van der Waals surface area contributed by atoms with Crippen molar-refractivity contribution in [1.29, 1.82) is 0 Å². The average molecular weight is 237 g/mol. The Hall–Kier alpha value is -1.16. The van der Waals surface area contributed by atoms with Crippen LogP contribution in [0.3, 0.4) is 0 Å². The molecule has 1 unspecified atom stereocenters. The Morgan fingerprint density at radius 1 is 1.56 bits per heavy atom. The number of hydrogen-bond donors (Lipinski definition) is 2. The molecule has 1 aliphatic heterocycles. The van der Waals surface area contributed by atoms with Gasteiger partial charge in [0.2, 0.25) is 0 Å². The summed E-state index contributed by atoms with van der Waals surface area (Å²) in [5.41, 5.74) is 2.37. The van der Waals surface area contributed by atoms with Crippen LogP contribution in [0.4, 0.5) is 5.69 Å². The van der Waals surface area contributed by atoms with Crippen molar-refractivity contribution in [1.82, 2.24) is 0 Å². The van der Waals surface area contributed by atoms with E-state index in [1.165, 1.54) is 17.3 Å². The molecule has 3 nitrogen and oxygen atoms in total. The first kappa shape index (κ1) is 11.3. The lowest BCUT2D eigenvalue weighted by atomic mass is 10.0. The zero-order valence-corrected chi connectivity index (χ0v) is 10.2. The molecule has 0 aromatic heterocycles. The number of carbonyl (C=O) groups is 1. The Labute approximate surface area is 99.2 Å². The number of aliphatic carboxylic acids is 1. The number of nitrogens with one attached hydrogen (secondary N) is 1. The maximum Gasteiger partial charge on any atom is 0.318 e. The van der Waals surface area contributed by atoms with E-state index < -0.39 is 5.97 Å². The van der Waals surface area contributed by atoms with Crippen LogP contribution in [0, 0.1) is 0 Å². The molecule has 1 aromatic carbocycles. The van der Waals surface area contributed by atoms with Gasteiger partial charge in [0.25, 0.3) is 0 Å². The minimum atomic E-state index is -0.752. The topological polar surface area (TPSA) is 49.3 Å². The molecule has 0 saturated carbocycles. The maximum absolute atomic E-state index is 10.9. The fourth-order valence-corrected chi connectivity index (χ4v) is 2.88. The van der Waals surface area contributed by atoms with Gasteiger partial charge < -0.3 is 10.4 Å². The van der Waals surface area contributed by atoms with Crippen molar-refractivity contribution in [3.63, 3.8) is 0 Å². The highest BCUT2D eigenvalue weighted by atomic mass is 32.2. The second-order valence-corrected chi connectivity index (χ2v) is 5.45. The van der Waals surface area contributed by atoms with Crippen LogP contribution in [0.2, 0.25) is 0 Å². The van der Waals surface area contributed by atoms with Gasteiger partial charge in [0.05, 0.1) is 5.69 Å². The van der Waals surface area contributed by atoms with Gasteiger partial charge in [0.1, 0.15) is 5.25 Å². The van der Waals surface area contributed by atoms with Crippen LogP contribution in [-0.4, -0.2) is 22.9 Å². The molecule has 0 amide bonds. The number of thioether (sulfide) groups is 1. The summed E-state index contributed by atoms with van der Waals surface area (Å²) in [7, 11) is 0. The lowest BCUT2D eigenvalue weighted by molar-refractivity contribution is -0.136. The molecule has 0 aliphatic carbocycles. The molecule has 1 aromatic rings. The first-order valence-electron chi connectivity index (χ1n) is 5.36. The summed E-state index contributed by atoms with van der Waals surface area (Å²) in [6.07, 6.45) is 0. The fraction of sp³-hybridized carbons (Fsp3) is 0.417. The summed E-state index contributed by atoms with van der Waals surface area (Å²) in [6.45, 7) is 4.78. The Morgan fingerprint density at radius 2 is 2.31 bits per heavy atom. The Bertz CT molecular complexity index is 417. The molecule has 0 spiro atoms. The van der Waals surface area contributed by atoms with Crippen molar-refractivity contribution in [2.45, 2.75) is 29.9 Å². The number of anilines is 1. The molecule has 2 rings (SSSR count). The minimum absolute atomic E-state index is 0.380. The van der Waals surface area contributed by atoms with Gasteiger partial charge in [-0.15, -0.1) is 11.8 Å². The molecule has 2 N–H and O–H groups in total. The highest BCUT2D eigenvalue weighted by Crippen LogP contribution is 2.39. The summed E-state index contributed by atoms with van der Waals surface area (Å²) < 4.78 is 0. The van der Waals surface area contributed by atoms with Crippen molar-refractivity contribution in [3.8, 4) is 0 Å². The number of para-hydroxylation sites is 1. The third-order valence-electron chi connectivity index (χ3n) is 2.69. The molecule has 0 radical (unpaired) electrons. The van der Waals surface area contributed by atoms with Crippen LogP contribution in [0.15, 0.2) is 23.1 Å². The van der Waals surface area contributed by atoms with E-state index in [4.69, 9.17) is 5.11 Å². The van der Waals surface area contributed by atoms with Crippen molar-refractivity contribution >= 4 is 23.4 Å². The maximum atomic E-state index is 10.9. The van der Waals surface area contributed by atoms with Gasteiger partial charge in [-0.1, -0.05) is 26.0 Å². The van der Waals surface area contributed by atoms with Gasteiger partial charge in [-0.2, -0.15) is 0 Å². The summed E-state index contributed by atoms with van der Waals surface area (Å²) in [6, 6.07) is 6.07. The van der Waals surface area contributed by atoms with E-state index in [0.717, 1.165) is 10.6 Å². The summed E-state index contributed by atoms with van der Waals surface area (Å²) in [5, 5.41) is 11.8. The van der Waals surface area contributed by atoms with Crippen LogP contribution in [0.1, 0.15) is 25.3 Å². The van der Waals surface area contributed by atoms with Gasteiger partial charge in [-0.05, 0) is 17.5 Å². The van der Waals surface area contributed by atoms with Crippen LogP contribution in [-0.2, 0) is 4.79 Å². The summed E-state index contributed by atoms with van der Waals surface area (Å²) in [4.78, 5) is 12.0. The molecule has 86 valence electrons. The fourth-order valence-electron chi connectivity index (χ4n) is 1.84. The minimum Gasteiger partial charge on any atom is -0.480 e. The molecule has 16 heavy (non-hydrogen) atoms. The van der Waals surface area contributed by atoms with Crippen molar-refractivity contribution in [2.24, 2.45) is 0 Å². The Balaban J connectivity index is 2.34. The normalized spacial score (nSPS) is 19.1. The number of fused-ring (bicyclic) bond motifs is 1. The van der Waals surface area contributed by atoms with E-state index in [1.54, 1.807) is 0 Å². The number of carboxylic acid groups (broad SMARTS) is 1. The zero-order valence-electron chi connectivity index (χ0n) is 9.36. The van der Waals surface area contributed by atoms with E-state index >= 15 is 0 Å².